The first-order valence-corrected chi connectivity index (χ1v) is 6.91. The largest absolute Gasteiger partial charge is 0.385 e. The molecule has 3 atom stereocenters. The van der Waals surface area contributed by atoms with Crippen LogP contribution in [0.4, 0.5) is 0 Å². The van der Waals surface area contributed by atoms with Crippen LogP contribution in [0.3, 0.4) is 0 Å². The molecule has 4 heteroatoms. The smallest absolute Gasteiger partial charge is 0.0853 e. The van der Waals surface area contributed by atoms with Gasteiger partial charge in [-0.2, -0.15) is 0 Å². The molecule has 4 nitrogen and oxygen atoms in total. The molecule has 0 aromatic carbocycles. The molecule has 0 aromatic heterocycles. The highest BCUT2D eigenvalue weighted by Crippen LogP contribution is 2.24. The molecule has 0 spiro atoms. The highest BCUT2D eigenvalue weighted by atomic mass is 16.5. The van der Waals surface area contributed by atoms with E-state index in [4.69, 9.17) is 15.2 Å². The molecule has 2 rings (SSSR count). The van der Waals surface area contributed by atoms with E-state index in [2.05, 4.69) is 4.90 Å². The van der Waals surface area contributed by atoms with E-state index < -0.39 is 0 Å². The van der Waals surface area contributed by atoms with E-state index in [1.165, 1.54) is 19.4 Å². The molecule has 0 aliphatic carbocycles. The van der Waals surface area contributed by atoms with Crippen molar-refractivity contribution in [3.05, 3.63) is 0 Å². The zero-order valence-electron chi connectivity index (χ0n) is 10.9. The third-order valence-corrected chi connectivity index (χ3v) is 4.03. The monoisotopic (exact) mass is 242 g/mol. The number of methoxy groups -OCH3 is 1. The Hall–Kier alpha value is -0.160. The van der Waals surface area contributed by atoms with Crippen molar-refractivity contribution in [1.82, 2.24) is 4.90 Å². The zero-order valence-corrected chi connectivity index (χ0v) is 10.9. The van der Waals surface area contributed by atoms with Crippen molar-refractivity contribution < 1.29 is 9.47 Å². The third kappa shape index (κ3) is 3.65. The first kappa shape index (κ1) is 13.3. The summed E-state index contributed by atoms with van der Waals surface area (Å²) in [6, 6.07) is 0.861. The Morgan fingerprint density at radius 3 is 3.18 bits per heavy atom. The van der Waals surface area contributed by atoms with Gasteiger partial charge in [-0.15, -0.1) is 0 Å². The van der Waals surface area contributed by atoms with Crippen LogP contribution in [0.15, 0.2) is 0 Å². The molecule has 17 heavy (non-hydrogen) atoms. The first-order valence-electron chi connectivity index (χ1n) is 6.91. The fourth-order valence-electron chi connectivity index (χ4n) is 2.91. The maximum Gasteiger partial charge on any atom is 0.0853 e. The fraction of sp³-hybridized carbons (Fsp3) is 1.00. The Bertz CT molecular complexity index is 225. The fourth-order valence-corrected chi connectivity index (χ4v) is 2.91. The third-order valence-electron chi connectivity index (χ3n) is 4.03. The number of unbranched alkanes of at least 4 members (excludes halogenated alkanes) is 1. The van der Waals surface area contributed by atoms with Gasteiger partial charge in [-0.1, -0.05) is 0 Å². The van der Waals surface area contributed by atoms with E-state index in [-0.39, 0.29) is 12.1 Å². The first-order chi connectivity index (χ1) is 8.31. The number of rotatable bonds is 6. The van der Waals surface area contributed by atoms with Gasteiger partial charge in [0.15, 0.2) is 0 Å². The van der Waals surface area contributed by atoms with Crippen LogP contribution in [0, 0.1) is 0 Å². The summed E-state index contributed by atoms with van der Waals surface area (Å²) < 4.78 is 11.0. The van der Waals surface area contributed by atoms with Gasteiger partial charge in [-0.25, -0.2) is 0 Å². The summed E-state index contributed by atoms with van der Waals surface area (Å²) in [4.78, 5) is 2.56. The number of morpholine rings is 1. The molecule has 0 aromatic rings. The van der Waals surface area contributed by atoms with Crippen LogP contribution in [-0.2, 0) is 9.47 Å². The van der Waals surface area contributed by atoms with Crippen LogP contribution in [0.2, 0.25) is 0 Å². The lowest BCUT2D eigenvalue weighted by molar-refractivity contribution is -0.0603. The number of hydrogen-bond acceptors (Lipinski definition) is 4. The molecule has 0 saturated carbocycles. The van der Waals surface area contributed by atoms with Crippen LogP contribution in [0.25, 0.3) is 0 Å². The van der Waals surface area contributed by atoms with Gasteiger partial charge in [-0.3, -0.25) is 4.90 Å². The van der Waals surface area contributed by atoms with E-state index in [9.17, 15) is 0 Å². The van der Waals surface area contributed by atoms with Crippen molar-refractivity contribution in [1.29, 1.82) is 0 Å². The lowest BCUT2D eigenvalue weighted by atomic mass is 10.0. The lowest BCUT2D eigenvalue weighted by Gasteiger charge is -2.37. The Kier molecular flexibility index (Phi) is 5.22. The predicted octanol–water partition coefficient (Wildman–Crippen LogP) is 0.994. The second-order valence-electron chi connectivity index (χ2n) is 5.32. The summed E-state index contributed by atoms with van der Waals surface area (Å²) in [6.45, 7) is 4.00. The van der Waals surface area contributed by atoms with Gasteiger partial charge in [-0.05, 0) is 38.6 Å². The van der Waals surface area contributed by atoms with Gasteiger partial charge in [0.25, 0.3) is 0 Å². The van der Waals surface area contributed by atoms with Gasteiger partial charge in [0.1, 0.15) is 0 Å². The molecular formula is C13H26N2O2. The molecular weight excluding hydrogens is 216 g/mol. The average molecular weight is 242 g/mol. The standard InChI is InChI=1S/C13H26N2O2/c1-16-8-3-2-6-12(14)13-9-15-7-4-5-11(15)10-17-13/h11-13H,2-10,14H2,1H3. The van der Waals surface area contributed by atoms with Crippen molar-refractivity contribution in [3.8, 4) is 0 Å². The van der Waals surface area contributed by atoms with Crippen molar-refractivity contribution in [2.45, 2.75) is 50.3 Å². The summed E-state index contributed by atoms with van der Waals surface area (Å²) in [5.74, 6) is 0. The van der Waals surface area contributed by atoms with E-state index in [0.717, 1.165) is 39.0 Å². The quantitative estimate of drug-likeness (QED) is 0.706. The molecule has 0 radical (unpaired) electrons. The minimum absolute atomic E-state index is 0.188. The van der Waals surface area contributed by atoms with Crippen LogP contribution >= 0.6 is 0 Å². The van der Waals surface area contributed by atoms with E-state index >= 15 is 0 Å². The van der Waals surface area contributed by atoms with Crippen molar-refractivity contribution >= 4 is 0 Å². The highest BCUT2D eigenvalue weighted by molar-refractivity contribution is 4.88. The molecule has 100 valence electrons. The lowest BCUT2D eigenvalue weighted by Crippen LogP contribution is -2.52. The molecule has 3 unspecified atom stereocenters. The van der Waals surface area contributed by atoms with E-state index in [0.29, 0.717) is 6.04 Å². The van der Waals surface area contributed by atoms with Crippen LogP contribution < -0.4 is 5.73 Å². The number of fused-ring (bicyclic) bond motifs is 1. The maximum atomic E-state index is 6.22. The molecule has 0 bridgehead atoms. The minimum Gasteiger partial charge on any atom is -0.385 e. The van der Waals surface area contributed by atoms with Crippen LogP contribution in [-0.4, -0.2) is 56.5 Å². The molecule has 2 N–H and O–H groups in total. The summed E-state index contributed by atoms with van der Waals surface area (Å²) in [5.41, 5.74) is 6.22. The topological polar surface area (TPSA) is 47.7 Å². The summed E-state index contributed by atoms with van der Waals surface area (Å²) in [6.07, 6.45) is 6.15. The Labute approximate surface area is 104 Å². The molecule has 2 fully saturated rings. The highest BCUT2D eigenvalue weighted by Gasteiger charge is 2.34. The normalized spacial score (nSPS) is 31.4. The second kappa shape index (κ2) is 6.69. The van der Waals surface area contributed by atoms with Crippen molar-refractivity contribution in [2.24, 2.45) is 5.73 Å². The molecule has 2 saturated heterocycles. The number of nitrogens with two attached hydrogens (primary N) is 1. The van der Waals surface area contributed by atoms with Gasteiger partial charge in [0, 0.05) is 32.3 Å². The van der Waals surface area contributed by atoms with Crippen LogP contribution in [0.5, 0.6) is 0 Å². The zero-order chi connectivity index (χ0) is 12.1. The average Bonchev–Trinajstić information content (AvgIpc) is 2.81. The van der Waals surface area contributed by atoms with E-state index in [1.807, 2.05) is 0 Å². The summed E-state index contributed by atoms with van der Waals surface area (Å²) in [7, 11) is 1.75. The molecule has 2 heterocycles. The molecule has 2 aliphatic heterocycles. The van der Waals surface area contributed by atoms with Crippen molar-refractivity contribution in [2.75, 3.05) is 33.4 Å². The summed E-state index contributed by atoms with van der Waals surface area (Å²) >= 11 is 0. The number of hydrogen-bond donors (Lipinski definition) is 1. The Morgan fingerprint density at radius 2 is 2.35 bits per heavy atom. The number of nitrogens with zero attached hydrogens (tertiary/aromatic N) is 1. The van der Waals surface area contributed by atoms with Gasteiger partial charge >= 0.3 is 0 Å². The Balaban J connectivity index is 1.67. The van der Waals surface area contributed by atoms with E-state index in [1.54, 1.807) is 7.11 Å². The van der Waals surface area contributed by atoms with Gasteiger partial charge in [0.2, 0.25) is 0 Å². The second-order valence-corrected chi connectivity index (χ2v) is 5.32. The SMILES string of the molecule is COCCCCC(N)C1CN2CCCC2CO1. The molecule has 2 aliphatic rings. The molecule has 0 amide bonds. The van der Waals surface area contributed by atoms with Crippen LogP contribution in [0.1, 0.15) is 32.1 Å². The van der Waals surface area contributed by atoms with Gasteiger partial charge < -0.3 is 15.2 Å². The maximum absolute atomic E-state index is 6.22. The Morgan fingerprint density at radius 1 is 1.47 bits per heavy atom. The summed E-state index contributed by atoms with van der Waals surface area (Å²) in [5, 5.41) is 0. The predicted molar refractivity (Wildman–Crippen MR) is 68.0 cm³/mol. The minimum atomic E-state index is 0.188. The van der Waals surface area contributed by atoms with Gasteiger partial charge in [0.05, 0.1) is 12.7 Å². The number of ether oxygens (including phenoxy) is 2. The van der Waals surface area contributed by atoms with Crippen molar-refractivity contribution in [3.63, 3.8) is 0 Å².